The Hall–Kier alpha value is -2.04. The van der Waals surface area contributed by atoms with Gasteiger partial charge in [0, 0.05) is 12.7 Å². The maximum Gasteiger partial charge on any atom is 0.326 e. The molecule has 1 atom stereocenters. The minimum Gasteiger partial charge on any atom is -0.480 e. The van der Waals surface area contributed by atoms with Gasteiger partial charge in [-0.25, -0.2) is 9.59 Å². The summed E-state index contributed by atoms with van der Waals surface area (Å²) in [6, 6.07) is 6.01. The number of hydrogen-bond donors (Lipinski definition) is 2. The van der Waals surface area contributed by atoms with Gasteiger partial charge in [0.2, 0.25) is 0 Å². The van der Waals surface area contributed by atoms with Crippen molar-refractivity contribution in [1.82, 2.24) is 4.90 Å². The molecule has 0 saturated heterocycles. The summed E-state index contributed by atoms with van der Waals surface area (Å²) < 4.78 is 0. The highest BCUT2D eigenvalue weighted by atomic mass is 16.4. The van der Waals surface area contributed by atoms with E-state index in [0.717, 1.165) is 10.5 Å². The quantitative estimate of drug-likeness (QED) is 0.842. The smallest absolute Gasteiger partial charge is 0.326 e. The van der Waals surface area contributed by atoms with Crippen molar-refractivity contribution in [3.63, 3.8) is 0 Å². The molecule has 0 aliphatic carbocycles. The number of carbonyl (C=O) groups excluding carboxylic acids is 1. The molecule has 0 heterocycles. The van der Waals surface area contributed by atoms with E-state index in [1.54, 1.807) is 6.07 Å². The number of carboxylic acids is 1. The summed E-state index contributed by atoms with van der Waals surface area (Å²) in [6.07, 6.45) is 0. The Bertz CT molecular complexity index is 432. The van der Waals surface area contributed by atoms with Crippen molar-refractivity contribution in [1.29, 1.82) is 0 Å². The fourth-order valence-electron chi connectivity index (χ4n) is 1.28. The summed E-state index contributed by atoms with van der Waals surface area (Å²) in [6.45, 7) is 3.37. The number of amides is 2. The van der Waals surface area contributed by atoms with Crippen LogP contribution in [0.15, 0.2) is 24.3 Å². The first-order valence-electron chi connectivity index (χ1n) is 5.25. The van der Waals surface area contributed by atoms with Gasteiger partial charge in [0.1, 0.15) is 6.04 Å². The molecular weight excluding hydrogens is 220 g/mol. The Morgan fingerprint density at radius 3 is 2.59 bits per heavy atom. The Kier molecular flexibility index (Phi) is 4.09. The van der Waals surface area contributed by atoms with E-state index in [4.69, 9.17) is 5.11 Å². The Balaban J connectivity index is 2.69. The van der Waals surface area contributed by atoms with Crippen LogP contribution >= 0.6 is 0 Å². The predicted octanol–water partition coefficient (Wildman–Crippen LogP) is 1.93. The molecule has 2 amide bonds. The second-order valence-corrected chi connectivity index (χ2v) is 3.92. The molecule has 2 N–H and O–H groups in total. The van der Waals surface area contributed by atoms with Crippen LogP contribution in [0.4, 0.5) is 10.5 Å². The molecule has 0 aromatic heterocycles. The molecule has 5 nitrogen and oxygen atoms in total. The molecule has 0 bridgehead atoms. The van der Waals surface area contributed by atoms with Gasteiger partial charge in [-0.05, 0) is 31.5 Å². The lowest BCUT2D eigenvalue weighted by Crippen LogP contribution is -2.42. The standard InChI is InChI=1S/C12H16N2O3/c1-8-5-4-6-10(7-8)13-12(17)14(3)9(2)11(15)16/h4-7,9H,1-3H3,(H,13,17)(H,15,16). The molecule has 0 saturated carbocycles. The number of benzene rings is 1. The van der Waals surface area contributed by atoms with Gasteiger partial charge in [0.05, 0.1) is 0 Å². The molecule has 17 heavy (non-hydrogen) atoms. The van der Waals surface area contributed by atoms with E-state index in [1.807, 2.05) is 25.1 Å². The van der Waals surface area contributed by atoms with Crippen LogP contribution in [0.5, 0.6) is 0 Å². The van der Waals surface area contributed by atoms with Crippen LogP contribution < -0.4 is 5.32 Å². The molecule has 1 unspecified atom stereocenters. The normalized spacial score (nSPS) is 11.7. The lowest BCUT2D eigenvalue weighted by Gasteiger charge is -2.21. The van der Waals surface area contributed by atoms with Crippen molar-refractivity contribution in [3.8, 4) is 0 Å². The highest BCUT2D eigenvalue weighted by Gasteiger charge is 2.21. The fourth-order valence-corrected chi connectivity index (χ4v) is 1.28. The van der Waals surface area contributed by atoms with E-state index in [-0.39, 0.29) is 0 Å². The van der Waals surface area contributed by atoms with Gasteiger partial charge in [-0.1, -0.05) is 12.1 Å². The third-order valence-electron chi connectivity index (χ3n) is 2.53. The largest absolute Gasteiger partial charge is 0.480 e. The monoisotopic (exact) mass is 236 g/mol. The minimum atomic E-state index is -1.04. The van der Waals surface area contributed by atoms with Crippen molar-refractivity contribution in [2.45, 2.75) is 19.9 Å². The highest BCUT2D eigenvalue weighted by molar-refractivity contribution is 5.92. The maximum absolute atomic E-state index is 11.7. The first kappa shape index (κ1) is 13.0. The molecule has 5 heteroatoms. The fraction of sp³-hybridized carbons (Fsp3) is 0.333. The molecule has 1 aromatic carbocycles. The first-order valence-corrected chi connectivity index (χ1v) is 5.25. The SMILES string of the molecule is Cc1cccc(NC(=O)N(C)C(C)C(=O)O)c1. The van der Waals surface area contributed by atoms with E-state index >= 15 is 0 Å². The summed E-state index contributed by atoms with van der Waals surface area (Å²) in [7, 11) is 1.45. The van der Waals surface area contributed by atoms with E-state index in [1.165, 1.54) is 14.0 Å². The van der Waals surface area contributed by atoms with Crippen molar-refractivity contribution in [2.75, 3.05) is 12.4 Å². The second-order valence-electron chi connectivity index (χ2n) is 3.92. The van der Waals surface area contributed by atoms with Gasteiger partial charge >= 0.3 is 12.0 Å². The van der Waals surface area contributed by atoms with E-state index < -0.39 is 18.0 Å². The van der Waals surface area contributed by atoms with E-state index in [9.17, 15) is 9.59 Å². The number of carboxylic acid groups (broad SMARTS) is 1. The van der Waals surface area contributed by atoms with Crippen LogP contribution in [0.1, 0.15) is 12.5 Å². The van der Waals surface area contributed by atoms with E-state index in [2.05, 4.69) is 5.32 Å². The van der Waals surface area contributed by atoms with Crippen LogP contribution in [0.25, 0.3) is 0 Å². The van der Waals surface area contributed by atoms with Crippen LogP contribution in [-0.4, -0.2) is 35.1 Å². The average molecular weight is 236 g/mol. The zero-order valence-electron chi connectivity index (χ0n) is 10.1. The summed E-state index contributed by atoms with van der Waals surface area (Å²) in [4.78, 5) is 23.6. The summed E-state index contributed by atoms with van der Waals surface area (Å²) in [5.74, 6) is -1.04. The zero-order chi connectivity index (χ0) is 13.0. The van der Waals surface area contributed by atoms with Crippen molar-refractivity contribution >= 4 is 17.7 Å². The molecule has 0 aliphatic heterocycles. The summed E-state index contributed by atoms with van der Waals surface area (Å²) >= 11 is 0. The topological polar surface area (TPSA) is 69.6 Å². The van der Waals surface area contributed by atoms with Gasteiger partial charge in [-0.15, -0.1) is 0 Å². The lowest BCUT2D eigenvalue weighted by molar-refractivity contribution is -0.141. The summed E-state index contributed by atoms with van der Waals surface area (Å²) in [5.41, 5.74) is 1.68. The molecule has 1 rings (SSSR count). The number of anilines is 1. The van der Waals surface area contributed by atoms with Gasteiger partial charge in [-0.2, -0.15) is 0 Å². The number of likely N-dealkylation sites (N-methyl/N-ethyl adjacent to an activating group) is 1. The van der Waals surface area contributed by atoms with Crippen LogP contribution in [0.2, 0.25) is 0 Å². The first-order chi connectivity index (χ1) is 7.91. The molecule has 0 fully saturated rings. The molecular formula is C12H16N2O3. The molecule has 0 radical (unpaired) electrons. The van der Waals surface area contributed by atoms with Crippen molar-refractivity contribution < 1.29 is 14.7 Å². The van der Waals surface area contributed by atoms with E-state index in [0.29, 0.717) is 5.69 Å². The van der Waals surface area contributed by atoms with Gasteiger partial charge in [0.15, 0.2) is 0 Å². The number of nitrogens with zero attached hydrogens (tertiary/aromatic N) is 1. The highest BCUT2D eigenvalue weighted by Crippen LogP contribution is 2.10. The number of urea groups is 1. The number of carbonyl (C=O) groups is 2. The third-order valence-corrected chi connectivity index (χ3v) is 2.53. The number of hydrogen-bond acceptors (Lipinski definition) is 2. The Morgan fingerprint density at radius 1 is 1.41 bits per heavy atom. The van der Waals surface area contributed by atoms with Crippen molar-refractivity contribution in [3.05, 3.63) is 29.8 Å². The second kappa shape index (κ2) is 5.34. The molecule has 92 valence electrons. The Morgan fingerprint density at radius 2 is 2.06 bits per heavy atom. The number of aliphatic carboxylic acids is 1. The van der Waals surface area contributed by atoms with Crippen LogP contribution in [-0.2, 0) is 4.79 Å². The van der Waals surface area contributed by atoms with Crippen LogP contribution in [0, 0.1) is 6.92 Å². The molecule has 0 aliphatic rings. The summed E-state index contributed by atoms with van der Waals surface area (Å²) in [5, 5.41) is 11.4. The number of aryl methyl sites for hydroxylation is 1. The molecule has 0 spiro atoms. The zero-order valence-corrected chi connectivity index (χ0v) is 10.1. The third kappa shape index (κ3) is 3.48. The maximum atomic E-state index is 11.7. The number of rotatable bonds is 3. The van der Waals surface area contributed by atoms with Gasteiger partial charge in [-0.3, -0.25) is 0 Å². The predicted molar refractivity (Wildman–Crippen MR) is 65.1 cm³/mol. The Labute approximate surface area is 100 Å². The lowest BCUT2D eigenvalue weighted by atomic mass is 10.2. The van der Waals surface area contributed by atoms with Crippen LogP contribution in [0.3, 0.4) is 0 Å². The number of nitrogens with one attached hydrogen (secondary N) is 1. The van der Waals surface area contributed by atoms with Gasteiger partial charge in [0.25, 0.3) is 0 Å². The van der Waals surface area contributed by atoms with Crippen molar-refractivity contribution in [2.24, 2.45) is 0 Å². The molecule has 1 aromatic rings. The minimum absolute atomic E-state index is 0.439. The average Bonchev–Trinajstić information content (AvgIpc) is 2.26. The van der Waals surface area contributed by atoms with Gasteiger partial charge < -0.3 is 15.3 Å².